The molecule has 0 radical (unpaired) electrons. The molecule has 0 amide bonds. The average molecular weight is 531 g/mol. The molecule has 1 aromatic carbocycles. The topological polar surface area (TPSA) is 114 Å². The number of aryl methyl sites for hydroxylation is 1. The monoisotopic (exact) mass is 530 g/mol. The second-order valence-corrected chi connectivity index (χ2v) is 10.7. The molecule has 0 aliphatic carbocycles. The van der Waals surface area contributed by atoms with Gasteiger partial charge in [-0.1, -0.05) is 53.4 Å². The molecule has 0 N–H and O–H groups in total. The first-order valence-corrected chi connectivity index (χ1v) is 12.3. The molecule has 12 heteroatoms. The van der Waals surface area contributed by atoms with Crippen LogP contribution in [0.4, 0.5) is 0 Å². The molecule has 2 rings (SSSR count). The number of esters is 4. The lowest BCUT2D eigenvalue weighted by Crippen LogP contribution is -2.61. The predicted octanol–water partition coefficient (Wildman–Crippen LogP) is 3.19. The highest BCUT2D eigenvalue weighted by atomic mass is 32.2. The smallest absolute Gasteiger partial charge is 0.303 e. The molecule has 1 aliphatic rings. The number of carbonyl (C=O) groups is 4. The number of thiocarbonyl (C=S) groups is 1. The van der Waals surface area contributed by atoms with Gasteiger partial charge in [0.2, 0.25) is 0 Å². The summed E-state index contributed by atoms with van der Waals surface area (Å²) in [6.07, 6.45) is -4.57. The molecule has 34 heavy (non-hydrogen) atoms. The molecule has 1 aliphatic heterocycles. The maximum absolute atomic E-state index is 11.9. The Hall–Kier alpha value is -2.15. The highest BCUT2D eigenvalue weighted by Crippen LogP contribution is 2.38. The van der Waals surface area contributed by atoms with E-state index in [0.717, 1.165) is 22.2 Å². The van der Waals surface area contributed by atoms with Gasteiger partial charge in [0.25, 0.3) is 0 Å². The van der Waals surface area contributed by atoms with Crippen LogP contribution < -0.4 is 0 Å². The molecule has 5 atom stereocenters. The highest BCUT2D eigenvalue weighted by molar-refractivity contribution is 8.47. The van der Waals surface area contributed by atoms with E-state index in [0.29, 0.717) is 3.53 Å². The zero-order chi connectivity index (χ0) is 25.4. The first kappa shape index (κ1) is 28.1. The van der Waals surface area contributed by atoms with Gasteiger partial charge in [0.1, 0.15) is 21.7 Å². The van der Waals surface area contributed by atoms with Gasteiger partial charge in [-0.25, -0.2) is 0 Å². The van der Waals surface area contributed by atoms with Crippen LogP contribution in [0.25, 0.3) is 0 Å². The maximum atomic E-state index is 11.9. The minimum absolute atomic E-state index is 0.285. The van der Waals surface area contributed by atoms with Crippen molar-refractivity contribution in [3.05, 3.63) is 29.8 Å². The lowest BCUT2D eigenvalue weighted by molar-refractivity contribution is -0.237. The lowest BCUT2D eigenvalue weighted by Gasteiger charge is -2.44. The van der Waals surface area contributed by atoms with Crippen LogP contribution in [0.15, 0.2) is 29.2 Å². The van der Waals surface area contributed by atoms with Crippen molar-refractivity contribution in [2.24, 2.45) is 0 Å². The van der Waals surface area contributed by atoms with E-state index in [1.54, 1.807) is 0 Å². The zero-order valence-corrected chi connectivity index (χ0v) is 21.8. The fourth-order valence-corrected chi connectivity index (χ4v) is 5.64. The number of ether oxygens (including phenoxy) is 5. The summed E-state index contributed by atoms with van der Waals surface area (Å²) < 4.78 is 27.8. The van der Waals surface area contributed by atoms with Gasteiger partial charge < -0.3 is 23.7 Å². The van der Waals surface area contributed by atoms with Gasteiger partial charge in [0.05, 0.1) is 0 Å². The average Bonchev–Trinajstić information content (AvgIpc) is 2.71. The predicted molar refractivity (Wildman–Crippen MR) is 129 cm³/mol. The van der Waals surface area contributed by atoms with Crippen molar-refractivity contribution in [3.8, 4) is 0 Å². The molecule has 1 heterocycles. The van der Waals surface area contributed by atoms with Crippen LogP contribution in [0.5, 0.6) is 0 Å². The number of rotatable bonds is 7. The minimum atomic E-state index is -1.22. The first-order valence-electron chi connectivity index (χ1n) is 10.2. The fraction of sp³-hybridized carbons (Fsp3) is 0.500. The van der Waals surface area contributed by atoms with Gasteiger partial charge in [0, 0.05) is 32.6 Å². The Balaban J connectivity index is 2.35. The molecule has 1 fully saturated rings. The van der Waals surface area contributed by atoms with Crippen molar-refractivity contribution >= 4 is 63.1 Å². The van der Waals surface area contributed by atoms with Crippen LogP contribution in [0.2, 0.25) is 0 Å². The van der Waals surface area contributed by atoms with Gasteiger partial charge in [-0.3, -0.25) is 19.2 Å². The third-order valence-corrected chi connectivity index (χ3v) is 6.94. The molecule has 0 bridgehead atoms. The molecule has 0 spiro atoms. The van der Waals surface area contributed by atoms with Gasteiger partial charge >= 0.3 is 23.9 Å². The number of hydrogen-bond donors (Lipinski definition) is 0. The molecule has 186 valence electrons. The quantitative estimate of drug-likeness (QED) is 0.223. The normalized spacial score (nSPS) is 24.0. The molecule has 0 aromatic heterocycles. The molecular weight excluding hydrogens is 504 g/mol. The second kappa shape index (κ2) is 13.1. The van der Waals surface area contributed by atoms with E-state index in [2.05, 4.69) is 0 Å². The SMILES string of the molecule is CC(=O)OCC1O[C@@H](SC(=S)Sc2ccc(C)cc2)C(OC(C)=O)C(OC(C)=O)[C@@H]1OC(C)=O. The number of benzene rings is 1. The fourth-order valence-electron chi connectivity index (χ4n) is 3.11. The summed E-state index contributed by atoms with van der Waals surface area (Å²) in [5, 5.41) is 0. The van der Waals surface area contributed by atoms with Gasteiger partial charge in [-0.2, -0.15) is 0 Å². The molecule has 3 unspecified atom stereocenters. The summed E-state index contributed by atoms with van der Waals surface area (Å²) in [6.45, 7) is 6.44. The Morgan fingerprint density at radius 3 is 1.91 bits per heavy atom. The third kappa shape index (κ3) is 8.90. The summed E-state index contributed by atoms with van der Waals surface area (Å²) in [5.41, 5.74) is 0.161. The Bertz CT molecular complexity index is 919. The Kier molecular flexibility index (Phi) is 10.8. The molecule has 0 saturated carbocycles. The Morgan fingerprint density at radius 2 is 1.38 bits per heavy atom. The molecular formula is C22H26O9S3. The number of hydrogen-bond acceptors (Lipinski definition) is 12. The van der Waals surface area contributed by atoms with Crippen LogP contribution in [-0.2, 0) is 42.9 Å². The molecule has 1 aromatic rings. The Morgan fingerprint density at radius 1 is 0.853 bits per heavy atom. The first-order chi connectivity index (χ1) is 16.0. The van der Waals surface area contributed by atoms with Gasteiger partial charge in [0.15, 0.2) is 18.3 Å². The van der Waals surface area contributed by atoms with E-state index >= 15 is 0 Å². The molecule has 1 saturated heterocycles. The third-order valence-electron chi connectivity index (χ3n) is 4.38. The van der Waals surface area contributed by atoms with Gasteiger partial charge in [-0.15, -0.1) is 0 Å². The van der Waals surface area contributed by atoms with E-state index in [4.69, 9.17) is 35.9 Å². The van der Waals surface area contributed by atoms with E-state index in [-0.39, 0.29) is 6.61 Å². The summed E-state index contributed by atoms with van der Waals surface area (Å²) >= 11 is 7.90. The lowest BCUT2D eigenvalue weighted by atomic mass is 9.99. The minimum Gasteiger partial charge on any atom is -0.463 e. The van der Waals surface area contributed by atoms with Crippen LogP contribution >= 0.6 is 35.7 Å². The highest BCUT2D eigenvalue weighted by Gasteiger charge is 2.52. The van der Waals surface area contributed by atoms with Crippen molar-refractivity contribution in [2.75, 3.05) is 6.61 Å². The zero-order valence-electron chi connectivity index (χ0n) is 19.3. The second-order valence-electron chi connectivity index (χ2n) is 7.35. The summed E-state index contributed by atoms with van der Waals surface area (Å²) in [7, 11) is 0. The van der Waals surface area contributed by atoms with Crippen LogP contribution in [0, 0.1) is 6.92 Å². The standard InChI is InChI=1S/C22H26O9S3/c1-11-6-8-16(9-7-11)33-22(32)34-21-20(30-15(5)26)19(29-14(4)25)18(28-13(3)24)17(31-21)10-27-12(2)23/h6-9,17-21H,10H2,1-5H3/t17?,18-,19?,20?,21+/m1/s1. The van der Waals surface area contributed by atoms with E-state index in [9.17, 15) is 19.2 Å². The van der Waals surface area contributed by atoms with Crippen molar-refractivity contribution in [1.82, 2.24) is 0 Å². The molecule has 9 nitrogen and oxygen atoms in total. The van der Waals surface area contributed by atoms with Crippen LogP contribution in [0.1, 0.15) is 33.3 Å². The van der Waals surface area contributed by atoms with Gasteiger partial charge in [-0.05, 0) is 19.1 Å². The Labute approximate surface area is 211 Å². The largest absolute Gasteiger partial charge is 0.463 e. The number of carbonyl (C=O) groups excluding carboxylic acids is 4. The van der Waals surface area contributed by atoms with E-state index < -0.39 is 53.7 Å². The number of thioether (sulfide) groups is 2. The van der Waals surface area contributed by atoms with Crippen molar-refractivity contribution in [3.63, 3.8) is 0 Å². The van der Waals surface area contributed by atoms with E-state index in [1.165, 1.54) is 39.5 Å². The van der Waals surface area contributed by atoms with Crippen molar-refractivity contribution in [1.29, 1.82) is 0 Å². The van der Waals surface area contributed by atoms with Crippen LogP contribution in [0.3, 0.4) is 0 Å². The summed E-state index contributed by atoms with van der Waals surface area (Å²) in [5.74, 6) is -2.61. The maximum Gasteiger partial charge on any atom is 0.303 e. The summed E-state index contributed by atoms with van der Waals surface area (Å²) in [4.78, 5) is 47.8. The van der Waals surface area contributed by atoms with Crippen LogP contribution in [-0.4, -0.2) is 63.9 Å². The van der Waals surface area contributed by atoms with Crippen molar-refractivity contribution < 1.29 is 42.9 Å². The van der Waals surface area contributed by atoms with E-state index in [1.807, 2.05) is 31.2 Å². The summed E-state index contributed by atoms with van der Waals surface area (Å²) in [6, 6.07) is 7.73. The van der Waals surface area contributed by atoms with Crippen molar-refractivity contribution in [2.45, 2.75) is 69.4 Å².